The molecule has 128 valence electrons. The fourth-order valence-electron chi connectivity index (χ4n) is 2.52. The van der Waals surface area contributed by atoms with E-state index in [-0.39, 0.29) is 31.4 Å². The summed E-state index contributed by atoms with van der Waals surface area (Å²) >= 11 is 0. The van der Waals surface area contributed by atoms with Gasteiger partial charge in [0.05, 0.1) is 18.8 Å². The molecule has 0 radical (unpaired) electrons. The minimum atomic E-state index is -0.463. The maximum absolute atomic E-state index is 12.7. The van der Waals surface area contributed by atoms with Crippen molar-refractivity contribution in [3.63, 3.8) is 0 Å². The Morgan fingerprint density at radius 1 is 0.917 bits per heavy atom. The summed E-state index contributed by atoms with van der Waals surface area (Å²) in [5.74, 6) is -0.769. The van der Waals surface area contributed by atoms with E-state index in [0.29, 0.717) is 0 Å². The average molecular weight is 328 g/mol. The van der Waals surface area contributed by atoms with E-state index in [9.17, 15) is 4.79 Å². The number of ether oxygens (including phenoxy) is 2. The van der Waals surface area contributed by atoms with Gasteiger partial charge in [-0.15, -0.1) is 0 Å². The van der Waals surface area contributed by atoms with Crippen molar-refractivity contribution < 1.29 is 19.4 Å². The summed E-state index contributed by atoms with van der Waals surface area (Å²) in [5.41, 5.74) is 1.79. The van der Waals surface area contributed by atoms with Crippen molar-refractivity contribution >= 4 is 5.97 Å². The maximum Gasteiger partial charge on any atom is 0.318 e. The Balaban J connectivity index is 2.09. The van der Waals surface area contributed by atoms with Crippen molar-refractivity contribution in [1.82, 2.24) is 0 Å². The first-order valence-electron chi connectivity index (χ1n) is 8.14. The summed E-state index contributed by atoms with van der Waals surface area (Å²) in [4.78, 5) is 12.7. The molecule has 0 bridgehead atoms. The second-order valence-corrected chi connectivity index (χ2v) is 5.82. The Hall–Kier alpha value is -2.17. The number of benzene rings is 2. The smallest absolute Gasteiger partial charge is 0.318 e. The number of hydrogen-bond donors (Lipinski definition) is 1. The Morgan fingerprint density at radius 3 is 1.88 bits per heavy atom. The molecule has 24 heavy (non-hydrogen) atoms. The zero-order valence-electron chi connectivity index (χ0n) is 14.1. The Labute approximate surface area is 143 Å². The van der Waals surface area contributed by atoms with Gasteiger partial charge in [-0.25, -0.2) is 0 Å². The van der Waals surface area contributed by atoms with E-state index in [1.165, 1.54) is 0 Å². The van der Waals surface area contributed by atoms with Gasteiger partial charge in [-0.3, -0.25) is 4.79 Å². The number of aliphatic hydroxyl groups is 1. The standard InChI is InChI=1S/C20H24O4/c1-15(13-21)24-16(2)14-23-20(22)19(17-9-5-3-6-10-17)18-11-7-4-8-12-18/h3-12,15-16,19,21H,13-14H2,1-2H3. The highest BCUT2D eigenvalue weighted by Gasteiger charge is 2.24. The van der Waals surface area contributed by atoms with Crippen LogP contribution >= 0.6 is 0 Å². The molecule has 2 aromatic rings. The molecule has 4 heteroatoms. The van der Waals surface area contributed by atoms with Gasteiger partial charge in [0.25, 0.3) is 0 Å². The van der Waals surface area contributed by atoms with Crippen LogP contribution in [0.1, 0.15) is 30.9 Å². The first-order chi connectivity index (χ1) is 11.6. The molecular weight excluding hydrogens is 304 g/mol. The van der Waals surface area contributed by atoms with Gasteiger partial charge in [0.1, 0.15) is 12.5 Å². The first-order valence-corrected chi connectivity index (χ1v) is 8.14. The summed E-state index contributed by atoms with van der Waals surface area (Å²) in [6.07, 6.45) is -0.555. The zero-order valence-corrected chi connectivity index (χ0v) is 14.1. The van der Waals surface area contributed by atoms with Crippen LogP contribution in [0.25, 0.3) is 0 Å². The van der Waals surface area contributed by atoms with Crippen LogP contribution < -0.4 is 0 Å². The molecule has 2 aromatic carbocycles. The molecule has 0 heterocycles. The fraction of sp³-hybridized carbons (Fsp3) is 0.350. The lowest BCUT2D eigenvalue weighted by molar-refractivity contribution is -0.150. The molecule has 0 amide bonds. The fourth-order valence-corrected chi connectivity index (χ4v) is 2.52. The largest absolute Gasteiger partial charge is 0.462 e. The molecule has 1 N–H and O–H groups in total. The number of carbonyl (C=O) groups is 1. The second kappa shape index (κ2) is 9.21. The van der Waals surface area contributed by atoms with Gasteiger partial charge in [-0.1, -0.05) is 60.7 Å². The van der Waals surface area contributed by atoms with E-state index in [4.69, 9.17) is 14.6 Å². The van der Waals surface area contributed by atoms with Gasteiger partial charge in [-0.2, -0.15) is 0 Å². The lowest BCUT2D eigenvalue weighted by Gasteiger charge is -2.20. The molecule has 0 saturated carbocycles. The predicted octanol–water partition coefficient (Wildman–Crippen LogP) is 3.15. The molecule has 2 atom stereocenters. The Bertz CT molecular complexity index is 573. The summed E-state index contributed by atoms with van der Waals surface area (Å²) in [5, 5.41) is 9.01. The van der Waals surface area contributed by atoms with Crippen LogP contribution in [-0.4, -0.2) is 36.5 Å². The molecular formula is C20H24O4. The molecule has 4 nitrogen and oxygen atoms in total. The number of aliphatic hydroxyl groups excluding tert-OH is 1. The topological polar surface area (TPSA) is 55.8 Å². The highest BCUT2D eigenvalue weighted by molar-refractivity contribution is 5.82. The molecule has 2 unspecified atom stereocenters. The second-order valence-electron chi connectivity index (χ2n) is 5.82. The van der Waals surface area contributed by atoms with E-state index < -0.39 is 5.92 Å². The third kappa shape index (κ3) is 5.18. The van der Waals surface area contributed by atoms with Crippen LogP contribution in [0.15, 0.2) is 60.7 Å². The summed E-state index contributed by atoms with van der Waals surface area (Å²) in [7, 11) is 0. The number of hydrogen-bond acceptors (Lipinski definition) is 4. The lowest BCUT2D eigenvalue weighted by Crippen LogP contribution is -2.27. The highest BCUT2D eigenvalue weighted by atomic mass is 16.6. The van der Waals surface area contributed by atoms with Crippen LogP contribution in [0.4, 0.5) is 0 Å². The van der Waals surface area contributed by atoms with Crippen molar-refractivity contribution in [1.29, 1.82) is 0 Å². The van der Waals surface area contributed by atoms with Crippen LogP contribution in [0.2, 0.25) is 0 Å². The molecule has 2 rings (SSSR count). The third-order valence-electron chi connectivity index (χ3n) is 3.68. The molecule has 0 aliphatic carbocycles. The molecule has 0 aromatic heterocycles. The van der Waals surface area contributed by atoms with Gasteiger partial charge in [0, 0.05) is 0 Å². The molecule has 0 aliphatic heterocycles. The van der Waals surface area contributed by atoms with Crippen LogP contribution in [0.3, 0.4) is 0 Å². The van der Waals surface area contributed by atoms with E-state index >= 15 is 0 Å². The van der Waals surface area contributed by atoms with E-state index in [1.54, 1.807) is 6.92 Å². The van der Waals surface area contributed by atoms with Gasteiger partial charge in [0.2, 0.25) is 0 Å². The van der Waals surface area contributed by atoms with Crippen LogP contribution in [0, 0.1) is 0 Å². The number of carbonyl (C=O) groups excluding carboxylic acids is 1. The number of rotatable bonds is 8. The SMILES string of the molecule is CC(CO)OC(C)COC(=O)C(c1ccccc1)c1ccccc1. The van der Waals surface area contributed by atoms with Crippen molar-refractivity contribution in [2.24, 2.45) is 0 Å². The quantitative estimate of drug-likeness (QED) is 0.756. The average Bonchev–Trinajstić information content (AvgIpc) is 2.62. The van der Waals surface area contributed by atoms with Gasteiger partial charge >= 0.3 is 5.97 Å². The molecule has 0 saturated heterocycles. The first kappa shape index (κ1) is 18.2. The van der Waals surface area contributed by atoms with Gasteiger partial charge in [0.15, 0.2) is 0 Å². The molecule has 0 spiro atoms. The minimum Gasteiger partial charge on any atom is -0.462 e. The Morgan fingerprint density at radius 2 is 1.42 bits per heavy atom. The number of esters is 1. The van der Waals surface area contributed by atoms with E-state index in [2.05, 4.69) is 0 Å². The summed E-state index contributed by atoms with van der Waals surface area (Å²) in [6.45, 7) is 3.68. The third-order valence-corrected chi connectivity index (χ3v) is 3.68. The van der Waals surface area contributed by atoms with Gasteiger partial charge in [-0.05, 0) is 25.0 Å². The van der Waals surface area contributed by atoms with Gasteiger partial charge < -0.3 is 14.6 Å². The monoisotopic (exact) mass is 328 g/mol. The minimum absolute atomic E-state index is 0.0606. The molecule has 0 aliphatic rings. The summed E-state index contributed by atoms with van der Waals surface area (Å²) < 4.78 is 11.0. The summed E-state index contributed by atoms with van der Waals surface area (Å²) in [6, 6.07) is 19.2. The van der Waals surface area contributed by atoms with E-state index in [0.717, 1.165) is 11.1 Å². The highest BCUT2D eigenvalue weighted by Crippen LogP contribution is 2.26. The van der Waals surface area contributed by atoms with Crippen molar-refractivity contribution in [3.8, 4) is 0 Å². The Kier molecular flexibility index (Phi) is 6.97. The predicted molar refractivity (Wildman–Crippen MR) is 92.8 cm³/mol. The van der Waals surface area contributed by atoms with Crippen LogP contribution in [-0.2, 0) is 14.3 Å². The normalized spacial score (nSPS) is 13.5. The van der Waals surface area contributed by atoms with E-state index in [1.807, 2.05) is 67.6 Å². The maximum atomic E-state index is 12.7. The molecule has 0 fully saturated rings. The van der Waals surface area contributed by atoms with Crippen LogP contribution in [0.5, 0.6) is 0 Å². The lowest BCUT2D eigenvalue weighted by atomic mass is 9.91. The van der Waals surface area contributed by atoms with Crippen molar-refractivity contribution in [2.75, 3.05) is 13.2 Å². The van der Waals surface area contributed by atoms with Crippen molar-refractivity contribution in [3.05, 3.63) is 71.8 Å². The van der Waals surface area contributed by atoms with Crippen molar-refractivity contribution in [2.45, 2.75) is 32.0 Å². The zero-order chi connectivity index (χ0) is 17.4.